The number of carbonyl (C=O) groups is 1. The number of fused-ring (bicyclic) bond motifs is 1. The van der Waals surface area contributed by atoms with Gasteiger partial charge in [-0.3, -0.25) is 9.78 Å². The number of amides is 1. The van der Waals surface area contributed by atoms with Crippen LogP contribution in [0.25, 0.3) is 11.1 Å². The molecule has 23 heavy (non-hydrogen) atoms. The molecule has 1 aromatic heterocycles. The minimum absolute atomic E-state index is 0.0522. The first-order valence-corrected chi connectivity index (χ1v) is 8.05. The average Bonchev–Trinajstić information content (AvgIpc) is 2.85. The Morgan fingerprint density at radius 2 is 2.17 bits per heavy atom. The van der Waals surface area contributed by atoms with E-state index in [9.17, 15) is 4.79 Å². The van der Waals surface area contributed by atoms with Gasteiger partial charge >= 0.3 is 0 Å². The second kappa shape index (κ2) is 6.50. The third-order valence-electron chi connectivity index (χ3n) is 4.20. The van der Waals surface area contributed by atoms with Crippen LogP contribution in [0.5, 0.6) is 0 Å². The van der Waals surface area contributed by atoms with Crippen LogP contribution in [0.4, 0.5) is 0 Å². The van der Waals surface area contributed by atoms with E-state index >= 15 is 0 Å². The maximum absolute atomic E-state index is 12.7. The molecule has 0 radical (unpaired) electrons. The molecule has 1 aliphatic rings. The first-order valence-electron chi connectivity index (χ1n) is 8.05. The molecule has 0 bridgehead atoms. The molecule has 4 nitrogen and oxygen atoms in total. The van der Waals surface area contributed by atoms with Crippen molar-refractivity contribution < 1.29 is 9.53 Å². The van der Waals surface area contributed by atoms with Gasteiger partial charge in [0.15, 0.2) is 0 Å². The molecule has 0 saturated heterocycles. The van der Waals surface area contributed by atoms with Crippen molar-refractivity contribution in [2.45, 2.75) is 33.4 Å². The van der Waals surface area contributed by atoms with Crippen LogP contribution in [-0.4, -0.2) is 35.0 Å². The SMILES string of the molecule is CCOC(C)CN1Cc2cc(-c3cccnc3)cc(C)c2C1=O. The molecule has 0 spiro atoms. The van der Waals surface area contributed by atoms with E-state index in [-0.39, 0.29) is 12.0 Å². The van der Waals surface area contributed by atoms with E-state index in [1.54, 1.807) is 6.20 Å². The number of ether oxygens (including phenoxy) is 1. The van der Waals surface area contributed by atoms with E-state index in [1.807, 2.05) is 44.0 Å². The molecule has 2 aromatic rings. The second-order valence-electron chi connectivity index (χ2n) is 6.02. The topological polar surface area (TPSA) is 42.4 Å². The van der Waals surface area contributed by atoms with E-state index in [0.717, 1.165) is 27.8 Å². The lowest BCUT2D eigenvalue weighted by molar-refractivity contribution is 0.0393. The van der Waals surface area contributed by atoms with Crippen molar-refractivity contribution in [2.24, 2.45) is 0 Å². The van der Waals surface area contributed by atoms with Gasteiger partial charge < -0.3 is 9.64 Å². The maximum atomic E-state index is 12.7. The molecule has 0 aliphatic carbocycles. The summed E-state index contributed by atoms with van der Waals surface area (Å²) in [5, 5.41) is 0. The third kappa shape index (κ3) is 3.13. The quantitative estimate of drug-likeness (QED) is 0.849. The van der Waals surface area contributed by atoms with E-state index in [2.05, 4.69) is 17.1 Å². The molecule has 0 saturated carbocycles. The largest absolute Gasteiger partial charge is 0.377 e. The molecular weight excluding hydrogens is 288 g/mol. The van der Waals surface area contributed by atoms with Crippen LogP contribution in [0.1, 0.15) is 35.3 Å². The van der Waals surface area contributed by atoms with Crippen LogP contribution in [0.2, 0.25) is 0 Å². The Labute approximate surface area is 137 Å². The number of benzene rings is 1. The van der Waals surface area contributed by atoms with Crippen molar-refractivity contribution in [1.82, 2.24) is 9.88 Å². The van der Waals surface area contributed by atoms with E-state index in [0.29, 0.717) is 19.7 Å². The first-order chi connectivity index (χ1) is 11.1. The van der Waals surface area contributed by atoms with E-state index < -0.39 is 0 Å². The zero-order valence-electron chi connectivity index (χ0n) is 13.9. The zero-order valence-corrected chi connectivity index (χ0v) is 13.9. The molecule has 3 rings (SSSR count). The van der Waals surface area contributed by atoms with Crippen LogP contribution < -0.4 is 0 Å². The highest BCUT2D eigenvalue weighted by Crippen LogP contribution is 2.31. The smallest absolute Gasteiger partial charge is 0.254 e. The molecule has 120 valence electrons. The maximum Gasteiger partial charge on any atom is 0.254 e. The summed E-state index contributed by atoms with van der Waals surface area (Å²) in [6.45, 7) is 7.94. The number of carbonyl (C=O) groups excluding carboxylic acids is 1. The Balaban J connectivity index is 1.88. The summed E-state index contributed by atoms with van der Waals surface area (Å²) < 4.78 is 5.57. The fourth-order valence-corrected chi connectivity index (χ4v) is 3.22. The van der Waals surface area contributed by atoms with Gasteiger partial charge in [0.1, 0.15) is 0 Å². The molecule has 0 fully saturated rings. The van der Waals surface area contributed by atoms with Gasteiger partial charge in [0.25, 0.3) is 5.91 Å². The predicted octanol–water partition coefficient (Wildman–Crippen LogP) is 3.44. The number of pyridine rings is 1. The van der Waals surface area contributed by atoms with Gasteiger partial charge in [0, 0.05) is 43.2 Å². The molecular formula is C19H22N2O2. The highest BCUT2D eigenvalue weighted by molar-refractivity contribution is 6.00. The monoisotopic (exact) mass is 310 g/mol. The van der Waals surface area contributed by atoms with Gasteiger partial charge in [-0.15, -0.1) is 0 Å². The lowest BCUT2D eigenvalue weighted by Crippen LogP contribution is -2.32. The van der Waals surface area contributed by atoms with Gasteiger partial charge in [-0.2, -0.15) is 0 Å². The van der Waals surface area contributed by atoms with Crippen molar-refractivity contribution in [3.05, 3.63) is 53.3 Å². The van der Waals surface area contributed by atoms with Gasteiger partial charge in [-0.05, 0) is 49.6 Å². The van der Waals surface area contributed by atoms with Crippen LogP contribution in [-0.2, 0) is 11.3 Å². The summed E-state index contributed by atoms with van der Waals surface area (Å²) in [7, 11) is 0. The molecule has 0 N–H and O–H groups in total. The molecule has 4 heteroatoms. The minimum atomic E-state index is 0.0522. The molecule has 1 aliphatic heterocycles. The number of aromatic nitrogens is 1. The molecule has 2 heterocycles. The van der Waals surface area contributed by atoms with E-state index in [4.69, 9.17) is 4.74 Å². The highest BCUT2D eigenvalue weighted by atomic mass is 16.5. The van der Waals surface area contributed by atoms with Gasteiger partial charge in [-0.1, -0.05) is 12.1 Å². The van der Waals surface area contributed by atoms with Crippen molar-refractivity contribution >= 4 is 5.91 Å². The summed E-state index contributed by atoms with van der Waals surface area (Å²) in [6.07, 6.45) is 3.67. The van der Waals surface area contributed by atoms with Crippen molar-refractivity contribution in [3.63, 3.8) is 0 Å². The second-order valence-corrected chi connectivity index (χ2v) is 6.02. The average molecular weight is 310 g/mol. The fraction of sp³-hybridized carbons (Fsp3) is 0.368. The Kier molecular flexibility index (Phi) is 4.44. The summed E-state index contributed by atoms with van der Waals surface area (Å²) >= 11 is 0. The van der Waals surface area contributed by atoms with Crippen LogP contribution in [0, 0.1) is 6.92 Å². The lowest BCUT2D eigenvalue weighted by atomic mass is 9.97. The summed E-state index contributed by atoms with van der Waals surface area (Å²) in [5.41, 5.74) is 5.16. The molecule has 1 unspecified atom stereocenters. The third-order valence-corrected chi connectivity index (χ3v) is 4.20. The fourth-order valence-electron chi connectivity index (χ4n) is 3.22. The van der Waals surface area contributed by atoms with Crippen LogP contribution >= 0.6 is 0 Å². The summed E-state index contributed by atoms with van der Waals surface area (Å²) in [4.78, 5) is 18.7. The van der Waals surface area contributed by atoms with Gasteiger partial charge in [0.05, 0.1) is 6.10 Å². The summed E-state index contributed by atoms with van der Waals surface area (Å²) in [6, 6.07) is 8.16. The number of rotatable bonds is 5. The Morgan fingerprint density at radius 1 is 1.35 bits per heavy atom. The minimum Gasteiger partial charge on any atom is -0.377 e. The number of aryl methyl sites for hydroxylation is 1. The van der Waals surface area contributed by atoms with Gasteiger partial charge in [-0.25, -0.2) is 0 Å². The predicted molar refractivity (Wildman–Crippen MR) is 90.2 cm³/mol. The van der Waals surface area contributed by atoms with Gasteiger partial charge in [0.2, 0.25) is 0 Å². The zero-order chi connectivity index (χ0) is 16.4. The highest BCUT2D eigenvalue weighted by Gasteiger charge is 2.30. The first kappa shape index (κ1) is 15.7. The standard InChI is InChI=1S/C19H22N2O2/c1-4-23-14(3)11-21-12-17-9-16(15-6-5-7-20-10-15)8-13(2)18(17)19(21)22/h5-10,14H,4,11-12H2,1-3H3. The normalized spacial score (nSPS) is 14.9. The Bertz CT molecular complexity index is 713. The van der Waals surface area contributed by atoms with Crippen molar-refractivity contribution in [2.75, 3.05) is 13.2 Å². The molecule has 1 amide bonds. The summed E-state index contributed by atoms with van der Waals surface area (Å²) in [5.74, 6) is 0.113. The number of hydrogen-bond donors (Lipinski definition) is 0. The molecule has 1 aromatic carbocycles. The number of nitrogens with zero attached hydrogens (tertiary/aromatic N) is 2. The van der Waals surface area contributed by atoms with Crippen molar-refractivity contribution in [3.8, 4) is 11.1 Å². The Hall–Kier alpha value is -2.20. The molecule has 1 atom stereocenters. The number of hydrogen-bond acceptors (Lipinski definition) is 3. The van der Waals surface area contributed by atoms with Crippen molar-refractivity contribution in [1.29, 1.82) is 0 Å². The van der Waals surface area contributed by atoms with E-state index in [1.165, 1.54) is 0 Å². The van der Waals surface area contributed by atoms with Crippen LogP contribution in [0.3, 0.4) is 0 Å². The lowest BCUT2D eigenvalue weighted by Gasteiger charge is -2.20. The van der Waals surface area contributed by atoms with Crippen LogP contribution in [0.15, 0.2) is 36.7 Å². The Morgan fingerprint density at radius 3 is 2.87 bits per heavy atom.